The minimum atomic E-state index is -2.47. The first kappa shape index (κ1) is 59.9. The van der Waals surface area contributed by atoms with Crippen molar-refractivity contribution in [2.24, 2.45) is 35.5 Å². The van der Waals surface area contributed by atoms with Crippen molar-refractivity contribution in [2.45, 2.75) is 192 Å². The Morgan fingerprint density at radius 2 is 1.55 bits per heavy atom. The van der Waals surface area contributed by atoms with Gasteiger partial charge < -0.3 is 58.9 Å². The number of allylic oxidation sites excluding steroid dienone is 6. The number of cyclic esters (lactones) is 1. The molecule has 2 bridgehead atoms. The monoisotopic (exact) mass is 1020 g/mol. The smallest absolute Gasteiger partial charge is 0.329 e. The highest BCUT2D eigenvalue weighted by Gasteiger charge is 2.53. The van der Waals surface area contributed by atoms with Gasteiger partial charge in [0.1, 0.15) is 35.9 Å². The number of hydrogen-bond donors (Lipinski definition) is 5. The summed E-state index contributed by atoms with van der Waals surface area (Å²) in [4.78, 5) is 44.9. The van der Waals surface area contributed by atoms with E-state index in [-0.39, 0.29) is 55.1 Å². The summed E-state index contributed by atoms with van der Waals surface area (Å²) >= 11 is 0. The minimum Gasteiger partial charge on any atom is -0.497 e. The van der Waals surface area contributed by atoms with Crippen molar-refractivity contribution in [3.8, 4) is 11.5 Å². The lowest BCUT2D eigenvalue weighted by molar-refractivity contribution is -0.264. The van der Waals surface area contributed by atoms with E-state index in [4.69, 9.17) is 28.4 Å². The van der Waals surface area contributed by atoms with Gasteiger partial charge in [0.15, 0.2) is 0 Å². The van der Waals surface area contributed by atoms with Crippen LogP contribution in [0, 0.1) is 35.5 Å². The predicted octanol–water partition coefficient (Wildman–Crippen LogP) is 7.55. The maximum absolute atomic E-state index is 14.6. The number of hydrogen-bond acceptors (Lipinski definition) is 14. The molecular weight excluding hydrogens is 935 g/mol. The summed E-state index contributed by atoms with van der Waals surface area (Å²) in [7, 11) is 6.21. The van der Waals surface area contributed by atoms with Crippen molar-refractivity contribution >= 4 is 17.7 Å². The van der Waals surface area contributed by atoms with E-state index in [1.807, 2.05) is 70.2 Å². The van der Waals surface area contributed by atoms with Gasteiger partial charge in [-0.05, 0) is 120 Å². The Balaban J connectivity index is 1.53. The number of aliphatic hydroxyl groups excluding tert-OH is 4. The first-order chi connectivity index (χ1) is 34.7. The molecule has 15 nitrogen and oxygen atoms in total. The largest absolute Gasteiger partial charge is 0.497 e. The van der Waals surface area contributed by atoms with Gasteiger partial charge in [-0.3, -0.25) is 9.59 Å². The number of aliphatic hydroxyl groups is 5. The molecule has 0 radical (unpaired) electrons. The van der Waals surface area contributed by atoms with Crippen LogP contribution >= 0.6 is 0 Å². The van der Waals surface area contributed by atoms with E-state index in [0.29, 0.717) is 74.9 Å². The fourth-order valence-corrected chi connectivity index (χ4v) is 11.7. The molecule has 1 amide bonds. The van der Waals surface area contributed by atoms with Crippen LogP contribution < -0.4 is 9.47 Å². The lowest BCUT2D eigenvalue weighted by Gasteiger charge is -2.43. The highest BCUT2D eigenvalue weighted by Crippen LogP contribution is 2.43. The third kappa shape index (κ3) is 15.4. The van der Waals surface area contributed by atoms with Crippen molar-refractivity contribution in [1.29, 1.82) is 0 Å². The van der Waals surface area contributed by atoms with Crippen LogP contribution in [-0.4, -0.2) is 144 Å². The molecule has 3 heterocycles. The molecule has 1 aromatic carbocycles. The molecular formula is C58H89NO14. The van der Waals surface area contributed by atoms with E-state index >= 15 is 0 Å². The highest BCUT2D eigenvalue weighted by molar-refractivity contribution is 6.39. The van der Waals surface area contributed by atoms with Crippen molar-refractivity contribution in [1.82, 2.24) is 4.90 Å². The van der Waals surface area contributed by atoms with Gasteiger partial charge in [0.05, 0.1) is 44.7 Å². The number of amides is 1. The number of rotatable bonds is 8. The van der Waals surface area contributed by atoms with Crippen LogP contribution in [0.3, 0.4) is 0 Å². The van der Waals surface area contributed by atoms with E-state index in [2.05, 4.69) is 13.0 Å². The zero-order chi connectivity index (χ0) is 53.7. The number of esters is 1. The highest BCUT2D eigenvalue weighted by atomic mass is 16.6. The summed E-state index contributed by atoms with van der Waals surface area (Å²) in [6.45, 7) is 13.3. The van der Waals surface area contributed by atoms with Crippen molar-refractivity contribution in [2.75, 3.05) is 35.0 Å². The van der Waals surface area contributed by atoms with Crippen LogP contribution in [-0.2, 0) is 33.3 Å². The number of carbonyl (C=O) groups is 3. The number of piperidine rings is 1. The van der Waals surface area contributed by atoms with Gasteiger partial charge in [-0.15, -0.1) is 0 Å². The molecule has 3 aliphatic heterocycles. The Labute approximate surface area is 435 Å². The predicted molar refractivity (Wildman–Crippen MR) is 279 cm³/mol. The van der Waals surface area contributed by atoms with E-state index < -0.39 is 84.1 Å². The van der Waals surface area contributed by atoms with E-state index in [9.17, 15) is 39.9 Å². The SMILES string of the molecule is COc1ccc([C@H]2C[C@@H]3CC[C@@H](C)[C@@](O)(O3)C(=O)C(=O)N3CCCCC3C(=O)OC([C@H](C)CC3CC[C@@H](O)[C@H](OC)C3)C[C@H](O)[C@H](C)C=C(C)[C@@H](O)[C@@H](OC)[C@@H](O)[C@H](C)C[C@H](C)C=CC=CC=C2C)c(OC)c1. The molecule has 410 valence electrons. The average Bonchev–Trinajstić information content (AvgIpc) is 3.38. The first-order valence-electron chi connectivity index (χ1n) is 26.8. The molecule has 2 saturated heterocycles. The molecule has 3 unspecified atom stereocenters. The van der Waals surface area contributed by atoms with Crippen LogP contribution in [0.25, 0.3) is 0 Å². The molecule has 4 aliphatic rings. The fraction of sp³-hybridized carbons (Fsp3) is 0.707. The molecule has 15 heteroatoms. The summed E-state index contributed by atoms with van der Waals surface area (Å²) in [5, 5.41) is 58.0. The zero-order valence-electron chi connectivity index (χ0n) is 45.5. The summed E-state index contributed by atoms with van der Waals surface area (Å²) in [6, 6.07) is 4.46. The van der Waals surface area contributed by atoms with Crippen LogP contribution in [0.4, 0.5) is 0 Å². The van der Waals surface area contributed by atoms with Gasteiger partial charge in [-0.25, -0.2) is 4.79 Å². The first-order valence-corrected chi connectivity index (χ1v) is 26.8. The third-order valence-corrected chi connectivity index (χ3v) is 16.5. The van der Waals surface area contributed by atoms with Crippen LogP contribution in [0.1, 0.15) is 137 Å². The number of Topliss-reactive ketones (excluding diaryl/α,β-unsaturated/α-hetero) is 1. The Kier molecular flexibility index (Phi) is 22.8. The van der Waals surface area contributed by atoms with E-state index in [1.54, 1.807) is 41.3 Å². The fourth-order valence-electron chi connectivity index (χ4n) is 11.7. The molecule has 1 saturated carbocycles. The van der Waals surface area contributed by atoms with Gasteiger partial charge in [-0.2, -0.15) is 0 Å². The normalized spacial score (nSPS) is 36.8. The topological polar surface area (TPSA) is 211 Å². The summed E-state index contributed by atoms with van der Waals surface area (Å²) in [5.41, 5.74) is 2.29. The van der Waals surface area contributed by atoms with Gasteiger partial charge in [-0.1, -0.05) is 82.7 Å². The molecule has 5 N–H and O–H groups in total. The van der Waals surface area contributed by atoms with Crippen molar-refractivity contribution in [3.63, 3.8) is 0 Å². The standard InChI is InChI=1S/C58H89NO14/c1-34-17-13-12-14-18-35(2)45(44-24-23-42(68-8)32-50(44)69-9)31-43-22-20-40(7)58(67,73-43)55(64)56(65)59-26-16-15-19-46(59)57(66)72-49(37(4)29-41-21-25-47(60)51(30-41)70-10)33-48(61)36(3)28-39(6)53(63)54(71-11)52(62)38(5)27-34/h12-14,17-18,23-24,28,32,34,36-38,40-41,43,45-49,51-54,60-63,67H,15-16,19-22,25-27,29-31,33H2,1-11H3/t34-,36-,37-,38-,40-,41?,43+,45+,46?,47-,48+,49?,51-,52+,53-,54+,58-/m1/s1. The number of ether oxygens (including phenoxy) is 6. The molecule has 5 rings (SSSR count). The number of benzene rings is 1. The Morgan fingerprint density at radius 1 is 0.808 bits per heavy atom. The second kappa shape index (κ2) is 27.7. The molecule has 0 aromatic heterocycles. The maximum Gasteiger partial charge on any atom is 0.329 e. The number of ketones is 1. The molecule has 1 aromatic rings. The van der Waals surface area contributed by atoms with Gasteiger partial charge in [0.2, 0.25) is 5.79 Å². The average molecular weight is 1020 g/mol. The summed E-state index contributed by atoms with van der Waals surface area (Å²) < 4.78 is 35.5. The molecule has 3 fully saturated rings. The van der Waals surface area contributed by atoms with Gasteiger partial charge in [0, 0.05) is 56.6 Å². The number of nitrogens with zero attached hydrogens (tertiary/aromatic N) is 1. The Bertz CT molecular complexity index is 2090. The number of fused-ring (bicyclic) bond motifs is 3. The van der Waals surface area contributed by atoms with Crippen molar-refractivity contribution < 1.29 is 68.3 Å². The van der Waals surface area contributed by atoms with Crippen LogP contribution in [0.15, 0.2) is 65.8 Å². The Hall–Kier alpha value is -3.93. The quantitative estimate of drug-likeness (QED) is 0.0968. The van der Waals surface area contributed by atoms with Crippen LogP contribution in [0.2, 0.25) is 0 Å². The molecule has 0 spiro atoms. The second-order valence-electron chi connectivity index (χ2n) is 21.9. The molecule has 17 atom stereocenters. The van der Waals surface area contributed by atoms with Gasteiger partial charge >= 0.3 is 5.97 Å². The Morgan fingerprint density at radius 3 is 2.23 bits per heavy atom. The molecule has 73 heavy (non-hydrogen) atoms. The minimum absolute atomic E-state index is 0.0229. The van der Waals surface area contributed by atoms with Gasteiger partial charge in [0.25, 0.3) is 11.7 Å². The number of carbonyl (C=O) groups excluding carboxylic acids is 3. The lowest BCUT2D eigenvalue weighted by atomic mass is 9.78. The lowest BCUT2D eigenvalue weighted by Crippen LogP contribution is -2.60. The second-order valence-corrected chi connectivity index (χ2v) is 21.9. The van der Waals surface area contributed by atoms with E-state index in [1.165, 1.54) is 12.0 Å². The molecule has 1 aliphatic carbocycles. The van der Waals surface area contributed by atoms with Crippen molar-refractivity contribution in [3.05, 3.63) is 71.4 Å². The summed E-state index contributed by atoms with van der Waals surface area (Å²) in [6.07, 6.45) is 10.8. The summed E-state index contributed by atoms with van der Waals surface area (Å²) in [5.74, 6) is -6.05. The van der Waals surface area contributed by atoms with Crippen LogP contribution in [0.5, 0.6) is 11.5 Å². The maximum atomic E-state index is 14.6. The van der Waals surface area contributed by atoms with E-state index in [0.717, 1.165) is 17.6 Å². The zero-order valence-corrected chi connectivity index (χ0v) is 45.5. The number of methoxy groups -OCH3 is 4. The third-order valence-electron chi connectivity index (χ3n) is 16.5.